The lowest BCUT2D eigenvalue weighted by molar-refractivity contribution is -0.153. The lowest BCUT2D eigenvalue weighted by Gasteiger charge is -2.27. The lowest BCUT2D eigenvalue weighted by Crippen LogP contribution is -2.44. The Morgan fingerprint density at radius 3 is 2.69 bits per heavy atom. The zero-order valence-electron chi connectivity index (χ0n) is 10.5. The topological polar surface area (TPSA) is 61.6 Å². The van der Waals surface area contributed by atoms with Gasteiger partial charge in [-0.25, -0.2) is 0 Å². The summed E-state index contributed by atoms with van der Waals surface area (Å²) in [5.41, 5.74) is 5.54. The third kappa shape index (κ3) is 4.10. The summed E-state index contributed by atoms with van der Waals surface area (Å²) >= 11 is 0. The molecule has 1 aliphatic heterocycles. The van der Waals surface area contributed by atoms with E-state index in [1.54, 1.807) is 0 Å². The molecule has 2 unspecified atom stereocenters. The molecule has 0 amide bonds. The molecule has 1 rings (SSSR count). The molecule has 0 aliphatic carbocycles. The number of esters is 1. The van der Waals surface area contributed by atoms with E-state index in [0.717, 1.165) is 25.9 Å². The minimum absolute atomic E-state index is 0.0601. The van der Waals surface area contributed by atoms with Crippen molar-refractivity contribution in [3.05, 3.63) is 0 Å². The van der Waals surface area contributed by atoms with Crippen LogP contribution in [0.3, 0.4) is 0 Å². The zero-order valence-corrected chi connectivity index (χ0v) is 10.5. The number of carbonyl (C=O) groups is 1. The van der Waals surface area contributed by atoms with E-state index in [4.69, 9.17) is 15.2 Å². The van der Waals surface area contributed by atoms with Gasteiger partial charge >= 0.3 is 5.97 Å². The Morgan fingerprint density at radius 2 is 2.19 bits per heavy atom. The summed E-state index contributed by atoms with van der Waals surface area (Å²) < 4.78 is 10.7. The first-order valence-electron chi connectivity index (χ1n) is 5.95. The van der Waals surface area contributed by atoms with Gasteiger partial charge in [-0.05, 0) is 24.7 Å². The number of nitrogens with two attached hydrogens (primary N) is 1. The van der Waals surface area contributed by atoms with Crippen molar-refractivity contribution in [3.63, 3.8) is 0 Å². The molecule has 0 saturated carbocycles. The van der Waals surface area contributed by atoms with Gasteiger partial charge in [-0.1, -0.05) is 20.8 Å². The maximum absolute atomic E-state index is 11.6. The fourth-order valence-electron chi connectivity index (χ4n) is 1.56. The van der Waals surface area contributed by atoms with Crippen molar-refractivity contribution < 1.29 is 14.3 Å². The summed E-state index contributed by atoms with van der Waals surface area (Å²) in [7, 11) is 0. The van der Waals surface area contributed by atoms with Gasteiger partial charge < -0.3 is 15.2 Å². The quantitative estimate of drug-likeness (QED) is 0.744. The maximum Gasteiger partial charge on any atom is 0.323 e. The van der Waals surface area contributed by atoms with Gasteiger partial charge in [0.1, 0.15) is 12.6 Å². The highest BCUT2D eigenvalue weighted by atomic mass is 16.6. The van der Waals surface area contributed by atoms with E-state index >= 15 is 0 Å². The molecule has 0 bridgehead atoms. The molecule has 1 aliphatic rings. The van der Waals surface area contributed by atoms with Gasteiger partial charge in [0, 0.05) is 6.61 Å². The molecule has 1 saturated heterocycles. The minimum atomic E-state index is -0.573. The van der Waals surface area contributed by atoms with E-state index in [2.05, 4.69) is 0 Å². The Kier molecular flexibility index (Phi) is 4.74. The molecular formula is C12H23NO3. The molecule has 94 valence electrons. The number of hydrogen-bond donors (Lipinski definition) is 1. The molecule has 1 fully saturated rings. The van der Waals surface area contributed by atoms with Crippen LogP contribution in [0, 0.1) is 5.41 Å². The molecule has 0 aromatic carbocycles. The average Bonchev–Trinajstić information content (AvgIpc) is 2.25. The van der Waals surface area contributed by atoms with Crippen molar-refractivity contribution in [2.45, 2.75) is 52.2 Å². The van der Waals surface area contributed by atoms with E-state index in [1.165, 1.54) is 0 Å². The minimum Gasteiger partial charge on any atom is -0.462 e. The Morgan fingerprint density at radius 1 is 1.50 bits per heavy atom. The van der Waals surface area contributed by atoms with Gasteiger partial charge in [-0.3, -0.25) is 4.79 Å². The van der Waals surface area contributed by atoms with E-state index in [9.17, 15) is 4.79 Å². The molecule has 2 N–H and O–H groups in total. The predicted octanol–water partition coefficient (Wildman–Crippen LogP) is 1.47. The first-order chi connectivity index (χ1) is 7.41. The molecule has 0 aromatic heterocycles. The van der Waals surface area contributed by atoms with Crippen LogP contribution in [0.5, 0.6) is 0 Å². The molecule has 4 nitrogen and oxygen atoms in total. The van der Waals surface area contributed by atoms with Crippen molar-refractivity contribution >= 4 is 5.97 Å². The number of hydrogen-bond acceptors (Lipinski definition) is 4. The Balaban J connectivity index is 2.29. The van der Waals surface area contributed by atoms with Crippen molar-refractivity contribution in [3.8, 4) is 0 Å². The van der Waals surface area contributed by atoms with Crippen LogP contribution in [0.15, 0.2) is 0 Å². The zero-order chi connectivity index (χ0) is 12.2. The molecule has 0 spiro atoms. The second-order valence-electron chi connectivity index (χ2n) is 5.46. The second-order valence-corrected chi connectivity index (χ2v) is 5.46. The molecule has 0 radical (unpaired) electrons. The number of ether oxygens (including phenoxy) is 2. The van der Waals surface area contributed by atoms with Gasteiger partial charge in [0.15, 0.2) is 0 Å². The summed E-state index contributed by atoms with van der Waals surface area (Å²) in [5.74, 6) is -0.332. The largest absolute Gasteiger partial charge is 0.462 e. The highest BCUT2D eigenvalue weighted by Gasteiger charge is 2.29. The van der Waals surface area contributed by atoms with Crippen molar-refractivity contribution in [2.75, 3.05) is 13.2 Å². The SMILES string of the molecule is CC(C)(C)C(N)C(=O)OCC1CCCCO1. The van der Waals surface area contributed by atoms with E-state index < -0.39 is 6.04 Å². The van der Waals surface area contributed by atoms with Crippen LogP contribution >= 0.6 is 0 Å². The van der Waals surface area contributed by atoms with Gasteiger partial charge in [0.05, 0.1) is 6.10 Å². The van der Waals surface area contributed by atoms with Crippen molar-refractivity contribution in [2.24, 2.45) is 11.1 Å². The van der Waals surface area contributed by atoms with Gasteiger partial charge in [-0.2, -0.15) is 0 Å². The van der Waals surface area contributed by atoms with Crippen molar-refractivity contribution in [1.29, 1.82) is 0 Å². The predicted molar refractivity (Wildman–Crippen MR) is 62.0 cm³/mol. The van der Waals surface area contributed by atoms with E-state index in [1.807, 2.05) is 20.8 Å². The van der Waals surface area contributed by atoms with Crippen LogP contribution in [0.4, 0.5) is 0 Å². The van der Waals surface area contributed by atoms with Crippen LogP contribution < -0.4 is 5.73 Å². The normalized spacial score (nSPS) is 23.9. The third-order valence-corrected chi connectivity index (χ3v) is 2.87. The average molecular weight is 229 g/mol. The molecule has 16 heavy (non-hydrogen) atoms. The van der Waals surface area contributed by atoms with Gasteiger partial charge in [-0.15, -0.1) is 0 Å². The summed E-state index contributed by atoms with van der Waals surface area (Å²) in [6.07, 6.45) is 3.28. The molecular weight excluding hydrogens is 206 g/mol. The van der Waals surface area contributed by atoms with Gasteiger partial charge in [0.2, 0.25) is 0 Å². The number of rotatable bonds is 3. The molecule has 4 heteroatoms. The first-order valence-corrected chi connectivity index (χ1v) is 5.95. The molecule has 2 atom stereocenters. The lowest BCUT2D eigenvalue weighted by atomic mass is 9.87. The third-order valence-electron chi connectivity index (χ3n) is 2.87. The van der Waals surface area contributed by atoms with Crippen LogP contribution in [0.2, 0.25) is 0 Å². The highest BCUT2D eigenvalue weighted by Crippen LogP contribution is 2.19. The summed E-state index contributed by atoms with van der Waals surface area (Å²) in [4.78, 5) is 11.6. The van der Waals surface area contributed by atoms with E-state index in [-0.39, 0.29) is 17.5 Å². The van der Waals surface area contributed by atoms with Crippen LogP contribution in [0.25, 0.3) is 0 Å². The fourth-order valence-corrected chi connectivity index (χ4v) is 1.56. The monoisotopic (exact) mass is 229 g/mol. The Labute approximate surface area is 97.5 Å². The summed E-state index contributed by atoms with van der Waals surface area (Å²) in [6, 6.07) is -0.573. The van der Waals surface area contributed by atoms with Crippen LogP contribution in [0.1, 0.15) is 40.0 Å². The van der Waals surface area contributed by atoms with Gasteiger partial charge in [0.25, 0.3) is 0 Å². The van der Waals surface area contributed by atoms with Crippen molar-refractivity contribution in [1.82, 2.24) is 0 Å². The summed E-state index contributed by atoms with van der Waals surface area (Å²) in [5, 5.41) is 0. The fraction of sp³-hybridized carbons (Fsp3) is 0.917. The van der Waals surface area contributed by atoms with Crippen LogP contribution in [-0.2, 0) is 14.3 Å². The summed E-state index contributed by atoms with van der Waals surface area (Å²) in [6.45, 7) is 6.89. The molecule has 0 aromatic rings. The first kappa shape index (κ1) is 13.5. The number of carbonyl (C=O) groups excluding carboxylic acids is 1. The van der Waals surface area contributed by atoms with E-state index in [0.29, 0.717) is 6.61 Å². The maximum atomic E-state index is 11.6. The van der Waals surface area contributed by atoms with Crippen LogP contribution in [-0.4, -0.2) is 31.3 Å². The molecule has 1 heterocycles. The Hall–Kier alpha value is -0.610. The Bertz CT molecular complexity index is 229. The smallest absolute Gasteiger partial charge is 0.323 e. The highest BCUT2D eigenvalue weighted by molar-refractivity contribution is 5.76. The standard InChI is InChI=1S/C12H23NO3/c1-12(2,3)10(13)11(14)16-8-9-6-4-5-7-15-9/h9-10H,4-8,13H2,1-3H3. The second kappa shape index (κ2) is 5.64.